The van der Waals surface area contributed by atoms with Gasteiger partial charge in [-0.15, -0.1) is 0 Å². The Balaban J connectivity index is 2.44. The second kappa shape index (κ2) is 41.6. The Morgan fingerprint density at radius 2 is 0.671 bits per heavy atom. The van der Waals surface area contributed by atoms with Crippen molar-refractivity contribution in [2.75, 3.05) is 59.5 Å². The van der Waals surface area contributed by atoms with E-state index in [2.05, 4.69) is 31.4 Å². The van der Waals surface area contributed by atoms with Crippen molar-refractivity contribution >= 4 is 11.8 Å². The first-order chi connectivity index (χ1) is 35.6. The Kier molecular flexibility index (Phi) is 37.3. The van der Waals surface area contributed by atoms with Crippen LogP contribution in [-0.2, 0) is 6.61 Å². The monoisotopic (exact) mass is 1030 g/mol. The van der Waals surface area contributed by atoms with Crippen LogP contribution in [0.25, 0.3) is 0 Å². The summed E-state index contributed by atoms with van der Waals surface area (Å²) in [5, 5.41) is 64.6. The van der Waals surface area contributed by atoms with E-state index < -0.39 is 62.5 Å². The van der Waals surface area contributed by atoms with Crippen molar-refractivity contribution in [1.29, 1.82) is 0 Å². The van der Waals surface area contributed by atoms with Gasteiger partial charge in [0, 0.05) is 11.1 Å². The molecule has 0 saturated carbocycles. The van der Waals surface area contributed by atoms with Gasteiger partial charge in [0.1, 0.15) is 23.4 Å². The maximum absolute atomic E-state index is 13.6. The molecule has 73 heavy (non-hydrogen) atoms. The first-order valence-electron chi connectivity index (χ1n) is 28.8. The van der Waals surface area contributed by atoms with Gasteiger partial charge in [0.05, 0.1) is 59.5 Å². The maximum Gasteiger partial charge on any atom is 0.252 e. The quantitative estimate of drug-likeness (QED) is 0.0291. The van der Waals surface area contributed by atoms with E-state index >= 15 is 0 Å². The van der Waals surface area contributed by atoms with E-state index in [4.69, 9.17) is 18.9 Å². The standard InChI is InChI=1S/C59H102N2O12/c1-4-7-10-13-16-19-22-25-28-31-34-70-53-37-49(42-73-52-40-50(56(68)60-58(43-62,44-63)45-64)39-51(41-52)57(69)61-59(46-65,47-66)48-67)38-54(71-35-32-29-26-23-20-17-14-11-8-5-2)55(53)72-36-33-30-27-24-21-18-15-12-9-6-3/h37-41,62-67H,4-36,42-48H2,1-3H3,(H,60,68)(H,61,69). The molecule has 0 fully saturated rings. The Labute approximate surface area is 440 Å². The first kappa shape index (κ1) is 65.5. The van der Waals surface area contributed by atoms with Crippen LogP contribution >= 0.6 is 0 Å². The highest BCUT2D eigenvalue weighted by atomic mass is 16.5. The van der Waals surface area contributed by atoms with Crippen molar-refractivity contribution in [2.45, 2.75) is 231 Å². The van der Waals surface area contributed by atoms with Gasteiger partial charge in [-0.25, -0.2) is 0 Å². The fraction of sp³-hybridized carbons (Fsp3) is 0.763. The molecule has 0 atom stereocenters. The highest BCUT2D eigenvalue weighted by molar-refractivity contribution is 6.01. The molecule has 0 radical (unpaired) electrons. The molecule has 0 bridgehead atoms. The molecule has 8 N–H and O–H groups in total. The van der Waals surface area contributed by atoms with Gasteiger partial charge in [-0.05, 0) is 55.2 Å². The predicted octanol–water partition coefficient (Wildman–Crippen LogP) is 11.1. The largest absolute Gasteiger partial charge is 0.490 e. The fourth-order valence-corrected chi connectivity index (χ4v) is 8.65. The van der Waals surface area contributed by atoms with Crippen molar-refractivity contribution in [1.82, 2.24) is 10.6 Å². The number of ether oxygens (including phenoxy) is 4. The summed E-state index contributed by atoms with van der Waals surface area (Å²) >= 11 is 0. The van der Waals surface area contributed by atoms with E-state index in [9.17, 15) is 40.2 Å². The molecule has 14 nitrogen and oxygen atoms in total. The van der Waals surface area contributed by atoms with Crippen molar-refractivity contribution in [3.63, 3.8) is 0 Å². The minimum absolute atomic E-state index is 0.0458. The van der Waals surface area contributed by atoms with Gasteiger partial charge < -0.3 is 60.2 Å². The molecule has 0 unspecified atom stereocenters. The van der Waals surface area contributed by atoms with Crippen LogP contribution in [-0.4, -0.2) is 113 Å². The van der Waals surface area contributed by atoms with Gasteiger partial charge in [0.15, 0.2) is 11.5 Å². The predicted molar refractivity (Wildman–Crippen MR) is 292 cm³/mol. The Morgan fingerprint density at radius 3 is 0.973 bits per heavy atom. The maximum atomic E-state index is 13.6. The molecule has 2 amide bonds. The number of hydrogen-bond acceptors (Lipinski definition) is 12. The third-order valence-corrected chi connectivity index (χ3v) is 13.7. The van der Waals surface area contributed by atoms with Gasteiger partial charge in [-0.2, -0.15) is 0 Å². The van der Waals surface area contributed by atoms with Gasteiger partial charge in [0.2, 0.25) is 5.75 Å². The van der Waals surface area contributed by atoms with Crippen LogP contribution in [0.4, 0.5) is 0 Å². The Hall–Kier alpha value is -3.66. The number of benzene rings is 2. The minimum atomic E-state index is -1.76. The SMILES string of the molecule is CCCCCCCCCCCCOc1cc(COc2cc(C(=O)NC(CO)(CO)CO)cc(C(=O)NC(CO)(CO)CO)c2)cc(OCCCCCCCCCCCC)c1OCCCCCCCCCCCC. The Morgan fingerprint density at radius 1 is 0.384 bits per heavy atom. The number of hydrogen-bond donors (Lipinski definition) is 8. The smallest absolute Gasteiger partial charge is 0.252 e. The lowest BCUT2D eigenvalue weighted by Gasteiger charge is -2.29. The van der Waals surface area contributed by atoms with Crippen LogP contribution in [0.5, 0.6) is 23.0 Å². The normalized spacial score (nSPS) is 11.7. The number of amides is 2. The zero-order chi connectivity index (χ0) is 53.3. The summed E-state index contributed by atoms with van der Waals surface area (Å²) in [5.74, 6) is 0.100. The highest BCUT2D eigenvalue weighted by Crippen LogP contribution is 2.40. The second-order valence-corrected chi connectivity index (χ2v) is 20.5. The lowest BCUT2D eigenvalue weighted by Crippen LogP contribution is -2.57. The van der Waals surface area contributed by atoms with Gasteiger partial charge >= 0.3 is 0 Å². The lowest BCUT2D eigenvalue weighted by atomic mass is 10.0. The number of nitrogens with one attached hydrogen (secondary N) is 2. The van der Waals surface area contributed by atoms with Crippen molar-refractivity contribution < 1.29 is 59.2 Å². The molecule has 0 spiro atoms. The average Bonchev–Trinajstić information content (AvgIpc) is 3.41. The number of unbranched alkanes of at least 4 members (excludes halogenated alkanes) is 27. The van der Waals surface area contributed by atoms with Crippen LogP contribution in [0, 0.1) is 0 Å². The molecule has 2 aromatic rings. The molecule has 0 saturated heterocycles. The van der Waals surface area contributed by atoms with Gasteiger partial charge in [-0.3, -0.25) is 9.59 Å². The van der Waals surface area contributed by atoms with Crippen LogP contribution < -0.4 is 29.6 Å². The Bertz CT molecular complexity index is 1590. The molecular weight excluding hydrogens is 929 g/mol. The molecule has 0 aromatic heterocycles. The molecule has 0 aliphatic carbocycles. The molecule has 0 aliphatic heterocycles. The summed E-state index contributed by atoms with van der Waals surface area (Å²) in [5.41, 5.74) is -3.06. The molecule has 0 aliphatic rings. The van der Waals surface area contributed by atoms with Crippen LogP contribution in [0.15, 0.2) is 30.3 Å². The molecule has 420 valence electrons. The number of rotatable bonds is 49. The van der Waals surface area contributed by atoms with Gasteiger partial charge in [-0.1, -0.05) is 194 Å². The van der Waals surface area contributed by atoms with Crippen molar-refractivity contribution in [2.24, 2.45) is 0 Å². The van der Waals surface area contributed by atoms with E-state index in [0.717, 1.165) is 51.4 Å². The summed E-state index contributed by atoms with van der Waals surface area (Å²) < 4.78 is 26.1. The van der Waals surface area contributed by atoms with Crippen LogP contribution in [0.3, 0.4) is 0 Å². The zero-order valence-electron chi connectivity index (χ0n) is 45.8. The van der Waals surface area contributed by atoms with Crippen LogP contribution in [0.2, 0.25) is 0 Å². The van der Waals surface area contributed by atoms with E-state index in [1.54, 1.807) is 0 Å². The van der Waals surface area contributed by atoms with E-state index in [1.807, 2.05) is 12.1 Å². The molecule has 2 rings (SSSR count). The molecular formula is C59H102N2O12. The summed E-state index contributed by atoms with van der Waals surface area (Å²) in [6, 6.07) is 7.77. The third kappa shape index (κ3) is 27.6. The zero-order valence-corrected chi connectivity index (χ0v) is 45.8. The summed E-state index contributed by atoms with van der Waals surface area (Å²) in [7, 11) is 0. The lowest BCUT2D eigenvalue weighted by molar-refractivity contribution is 0.0371. The van der Waals surface area contributed by atoms with Crippen molar-refractivity contribution in [3.8, 4) is 23.0 Å². The summed E-state index contributed by atoms with van der Waals surface area (Å²) in [4.78, 5) is 27.3. The van der Waals surface area contributed by atoms with Crippen molar-refractivity contribution in [3.05, 3.63) is 47.0 Å². The average molecular weight is 1030 g/mol. The third-order valence-electron chi connectivity index (χ3n) is 13.7. The summed E-state index contributed by atoms with van der Waals surface area (Å²) in [6.07, 6.45) is 36.2. The van der Waals surface area contributed by atoms with E-state index in [1.165, 1.54) is 159 Å². The van der Waals surface area contributed by atoms with E-state index in [-0.39, 0.29) is 23.5 Å². The molecule has 0 heterocycles. The minimum Gasteiger partial charge on any atom is -0.490 e. The molecule has 14 heteroatoms. The fourth-order valence-electron chi connectivity index (χ4n) is 8.65. The summed E-state index contributed by atoms with van der Waals surface area (Å²) in [6.45, 7) is 3.58. The second-order valence-electron chi connectivity index (χ2n) is 20.5. The first-order valence-corrected chi connectivity index (χ1v) is 28.8. The number of carbonyl (C=O) groups excluding carboxylic acids is 2. The number of carbonyl (C=O) groups is 2. The van der Waals surface area contributed by atoms with E-state index in [0.29, 0.717) is 42.6 Å². The molecule has 2 aromatic carbocycles. The number of aliphatic hydroxyl groups excluding tert-OH is 6. The van der Waals surface area contributed by atoms with Crippen LogP contribution in [0.1, 0.15) is 240 Å². The topological polar surface area (TPSA) is 216 Å². The van der Waals surface area contributed by atoms with Gasteiger partial charge in [0.25, 0.3) is 11.8 Å². The number of aliphatic hydroxyl groups is 6. The highest BCUT2D eigenvalue weighted by Gasteiger charge is 2.33.